The van der Waals surface area contributed by atoms with Gasteiger partial charge in [0.15, 0.2) is 0 Å². The first-order valence-corrected chi connectivity index (χ1v) is 9.97. The van der Waals surface area contributed by atoms with Gasteiger partial charge >= 0.3 is 18.0 Å². The quantitative estimate of drug-likeness (QED) is 0.384. The summed E-state index contributed by atoms with van der Waals surface area (Å²) in [6, 6.07) is 14.4. The summed E-state index contributed by atoms with van der Waals surface area (Å²) in [4.78, 5) is 34.9. The molecule has 8 heteroatoms. The first-order chi connectivity index (χ1) is 14.9. The summed E-state index contributed by atoms with van der Waals surface area (Å²) in [6.45, 7) is 1.97. The molecule has 1 fully saturated rings. The number of esters is 2. The van der Waals surface area contributed by atoms with Crippen molar-refractivity contribution in [2.45, 2.75) is 31.6 Å². The van der Waals surface area contributed by atoms with Crippen molar-refractivity contribution in [3.63, 3.8) is 0 Å². The lowest BCUT2D eigenvalue weighted by atomic mass is 9.93. The smallest absolute Gasteiger partial charge is 0.332 e. The van der Waals surface area contributed by atoms with Crippen molar-refractivity contribution >= 4 is 23.7 Å². The molecule has 0 aromatic heterocycles. The van der Waals surface area contributed by atoms with Gasteiger partial charge in [-0.3, -0.25) is 9.59 Å². The van der Waals surface area contributed by atoms with E-state index >= 15 is 0 Å². The number of rotatable bonds is 8. The monoisotopic (exact) mass is 423 g/mol. The number of nitrogens with one attached hydrogen (secondary N) is 1. The van der Waals surface area contributed by atoms with Gasteiger partial charge in [-0.05, 0) is 42.0 Å². The zero-order chi connectivity index (χ0) is 22.4. The number of hydrazone groups is 1. The standard InChI is InChI=1S/C23H25N3O5/c1-3-31-20(27)14-19(25-26-22(24)29)17-6-4-15(5-7-17)16-8-10-18(11-9-16)23(12-13-23)21(28)30-2/h4-11H,3,12-14H2,1-2H3,(H3,24,26,29)/b25-19-. The van der Waals surface area contributed by atoms with E-state index in [1.807, 2.05) is 36.4 Å². The minimum absolute atomic E-state index is 0.0994. The number of amides is 2. The number of hydrogen-bond donors (Lipinski definition) is 2. The molecular weight excluding hydrogens is 398 g/mol. The van der Waals surface area contributed by atoms with Crippen molar-refractivity contribution in [2.24, 2.45) is 10.8 Å². The number of carbonyl (C=O) groups is 3. The number of nitrogens with two attached hydrogens (primary N) is 1. The van der Waals surface area contributed by atoms with Crippen LogP contribution in [0.4, 0.5) is 4.79 Å². The molecule has 2 aromatic carbocycles. The molecule has 0 radical (unpaired) electrons. The van der Waals surface area contributed by atoms with Gasteiger partial charge in [-0.25, -0.2) is 10.2 Å². The van der Waals surface area contributed by atoms with Crippen LogP contribution in [-0.4, -0.2) is 37.4 Å². The topological polar surface area (TPSA) is 120 Å². The molecular formula is C23H25N3O5. The van der Waals surface area contributed by atoms with Gasteiger partial charge in [-0.1, -0.05) is 48.5 Å². The van der Waals surface area contributed by atoms with Gasteiger partial charge in [-0.2, -0.15) is 5.10 Å². The number of nitrogens with zero attached hydrogens (tertiary/aromatic N) is 1. The predicted molar refractivity (Wildman–Crippen MR) is 115 cm³/mol. The van der Waals surface area contributed by atoms with E-state index in [1.54, 1.807) is 19.1 Å². The third-order valence-electron chi connectivity index (χ3n) is 5.23. The Bertz CT molecular complexity index is 993. The Morgan fingerprint density at radius 1 is 1.03 bits per heavy atom. The van der Waals surface area contributed by atoms with Gasteiger partial charge in [-0.15, -0.1) is 0 Å². The molecule has 0 spiro atoms. The van der Waals surface area contributed by atoms with Crippen LogP contribution < -0.4 is 11.2 Å². The third kappa shape index (κ3) is 5.09. The minimum Gasteiger partial charge on any atom is -0.468 e. The number of hydrogen-bond acceptors (Lipinski definition) is 6. The Morgan fingerprint density at radius 2 is 1.61 bits per heavy atom. The van der Waals surface area contributed by atoms with Crippen LogP contribution >= 0.6 is 0 Å². The van der Waals surface area contributed by atoms with E-state index in [0.29, 0.717) is 11.3 Å². The fraction of sp³-hybridized carbons (Fsp3) is 0.304. The van der Waals surface area contributed by atoms with Crippen LogP contribution in [0.1, 0.15) is 37.3 Å². The van der Waals surface area contributed by atoms with Crippen LogP contribution in [0.25, 0.3) is 11.1 Å². The number of benzene rings is 2. The molecule has 162 valence electrons. The Balaban J connectivity index is 1.79. The summed E-state index contributed by atoms with van der Waals surface area (Å²) in [6.07, 6.45) is 1.50. The summed E-state index contributed by atoms with van der Waals surface area (Å²) in [7, 11) is 1.41. The number of ether oxygens (including phenoxy) is 2. The largest absolute Gasteiger partial charge is 0.468 e. The van der Waals surface area contributed by atoms with Crippen molar-refractivity contribution in [1.29, 1.82) is 0 Å². The highest BCUT2D eigenvalue weighted by Gasteiger charge is 2.52. The highest BCUT2D eigenvalue weighted by molar-refractivity contribution is 6.09. The Labute approximate surface area is 180 Å². The lowest BCUT2D eigenvalue weighted by molar-refractivity contribution is -0.144. The van der Waals surface area contributed by atoms with Gasteiger partial charge in [0.2, 0.25) is 0 Å². The van der Waals surface area contributed by atoms with E-state index in [-0.39, 0.29) is 19.0 Å². The van der Waals surface area contributed by atoms with Crippen molar-refractivity contribution in [3.05, 3.63) is 59.7 Å². The van der Waals surface area contributed by atoms with Gasteiger partial charge in [0.05, 0.1) is 31.3 Å². The highest BCUT2D eigenvalue weighted by Crippen LogP contribution is 2.49. The molecule has 2 aromatic rings. The number of primary amides is 1. The molecule has 0 heterocycles. The maximum Gasteiger partial charge on any atom is 0.332 e. The third-order valence-corrected chi connectivity index (χ3v) is 5.23. The van der Waals surface area contributed by atoms with Gasteiger partial charge in [0.1, 0.15) is 0 Å². The lowest BCUT2D eigenvalue weighted by Gasteiger charge is -2.13. The maximum absolute atomic E-state index is 12.1. The molecule has 1 aliphatic rings. The highest BCUT2D eigenvalue weighted by atomic mass is 16.5. The average molecular weight is 423 g/mol. The van der Waals surface area contributed by atoms with E-state index in [9.17, 15) is 14.4 Å². The van der Waals surface area contributed by atoms with Crippen molar-refractivity contribution in [3.8, 4) is 11.1 Å². The van der Waals surface area contributed by atoms with E-state index in [0.717, 1.165) is 29.5 Å². The van der Waals surface area contributed by atoms with Crippen LogP contribution in [-0.2, 0) is 24.5 Å². The summed E-state index contributed by atoms with van der Waals surface area (Å²) in [5.41, 5.74) is 10.6. The zero-order valence-electron chi connectivity index (χ0n) is 17.5. The summed E-state index contributed by atoms with van der Waals surface area (Å²) >= 11 is 0. The predicted octanol–water partition coefficient (Wildman–Crippen LogP) is 2.88. The molecule has 0 aliphatic heterocycles. The molecule has 3 rings (SSSR count). The SMILES string of the molecule is CCOC(=O)C/C(=N/NC(N)=O)c1ccc(-c2ccc(C3(C(=O)OC)CC3)cc2)cc1. The van der Waals surface area contributed by atoms with Crippen LogP contribution in [0.3, 0.4) is 0 Å². The molecule has 1 aliphatic carbocycles. The van der Waals surface area contributed by atoms with Crippen LogP contribution in [0.15, 0.2) is 53.6 Å². The van der Waals surface area contributed by atoms with E-state index in [1.165, 1.54) is 7.11 Å². The molecule has 8 nitrogen and oxygen atoms in total. The van der Waals surface area contributed by atoms with E-state index in [2.05, 4.69) is 10.5 Å². The average Bonchev–Trinajstić information content (AvgIpc) is 3.58. The molecule has 2 amide bonds. The molecule has 31 heavy (non-hydrogen) atoms. The second kappa shape index (κ2) is 9.42. The van der Waals surface area contributed by atoms with Gasteiger partial charge < -0.3 is 15.2 Å². The molecule has 0 atom stereocenters. The Hall–Kier alpha value is -3.68. The first-order valence-electron chi connectivity index (χ1n) is 9.97. The van der Waals surface area contributed by atoms with Crippen molar-refractivity contribution in [1.82, 2.24) is 5.43 Å². The number of carbonyl (C=O) groups excluding carboxylic acids is 3. The van der Waals surface area contributed by atoms with E-state index in [4.69, 9.17) is 15.2 Å². The Kier molecular flexibility index (Phi) is 6.69. The fourth-order valence-corrected chi connectivity index (χ4v) is 3.45. The number of methoxy groups -OCH3 is 1. The molecule has 0 saturated heterocycles. The fourth-order valence-electron chi connectivity index (χ4n) is 3.45. The van der Waals surface area contributed by atoms with Crippen LogP contribution in [0.2, 0.25) is 0 Å². The summed E-state index contributed by atoms with van der Waals surface area (Å²) in [5.74, 6) is -0.644. The minimum atomic E-state index is -0.821. The second-order valence-electron chi connectivity index (χ2n) is 7.24. The van der Waals surface area contributed by atoms with Gasteiger partial charge in [0, 0.05) is 0 Å². The second-order valence-corrected chi connectivity index (χ2v) is 7.24. The number of urea groups is 1. The normalized spacial score (nSPS) is 14.5. The first kappa shape index (κ1) is 22.0. The molecule has 3 N–H and O–H groups in total. The van der Waals surface area contributed by atoms with Crippen molar-refractivity contribution < 1.29 is 23.9 Å². The summed E-state index contributed by atoms with van der Waals surface area (Å²) in [5, 5.41) is 3.94. The van der Waals surface area contributed by atoms with Crippen molar-refractivity contribution in [2.75, 3.05) is 13.7 Å². The molecule has 0 unspecified atom stereocenters. The maximum atomic E-state index is 12.1. The van der Waals surface area contributed by atoms with Crippen LogP contribution in [0, 0.1) is 0 Å². The zero-order valence-corrected chi connectivity index (χ0v) is 17.5. The lowest BCUT2D eigenvalue weighted by Crippen LogP contribution is -2.26. The Morgan fingerprint density at radius 3 is 2.10 bits per heavy atom. The van der Waals surface area contributed by atoms with E-state index < -0.39 is 17.4 Å². The van der Waals surface area contributed by atoms with Gasteiger partial charge in [0.25, 0.3) is 0 Å². The molecule has 0 bridgehead atoms. The van der Waals surface area contributed by atoms with Crippen LogP contribution in [0.5, 0.6) is 0 Å². The molecule has 1 saturated carbocycles. The summed E-state index contributed by atoms with van der Waals surface area (Å²) < 4.78 is 9.91.